The normalized spacial score (nSPS) is 10.7. The molecule has 0 aliphatic rings. The molecule has 21 heavy (non-hydrogen) atoms. The van der Waals surface area contributed by atoms with Crippen LogP contribution in [0.2, 0.25) is 0 Å². The number of likely N-dealkylation sites (N-methyl/N-ethyl adjacent to an activating group) is 1. The molecule has 0 amide bonds. The van der Waals surface area contributed by atoms with Gasteiger partial charge in [-0.3, -0.25) is 0 Å². The molecule has 0 saturated carbocycles. The number of anilines is 1. The van der Waals surface area contributed by atoms with E-state index in [0.717, 1.165) is 23.5 Å². The van der Waals surface area contributed by atoms with Crippen LogP contribution in [0.5, 0.6) is 5.75 Å². The average Bonchev–Trinajstić information content (AvgIpc) is 2.46. The van der Waals surface area contributed by atoms with Crippen LogP contribution in [0.1, 0.15) is 5.56 Å². The zero-order valence-corrected chi connectivity index (χ0v) is 12.5. The lowest BCUT2D eigenvalue weighted by Gasteiger charge is -2.12. The van der Waals surface area contributed by atoms with E-state index in [-0.39, 0.29) is 5.82 Å². The van der Waals surface area contributed by atoms with Gasteiger partial charge in [-0.05, 0) is 56.1 Å². The largest absolute Gasteiger partial charge is 0.492 e. The van der Waals surface area contributed by atoms with Gasteiger partial charge in [-0.25, -0.2) is 4.39 Å². The van der Waals surface area contributed by atoms with E-state index < -0.39 is 0 Å². The summed E-state index contributed by atoms with van der Waals surface area (Å²) in [6, 6.07) is 14.4. The first-order valence-corrected chi connectivity index (χ1v) is 6.99. The standard InChI is InChI=1S/C17H21FN2O/c1-20(2)10-11-21-17-8-6-16(7-9-17)19-13-14-4-3-5-15(18)12-14/h3-9,12,19H,10-11,13H2,1-2H3. The van der Waals surface area contributed by atoms with Gasteiger partial charge in [0.05, 0.1) is 0 Å². The second-order valence-electron chi connectivity index (χ2n) is 5.16. The Morgan fingerprint density at radius 2 is 1.86 bits per heavy atom. The van der Waals surface area contributed by atoms with Gasteiger partial charge in [0.15, 0.2) is 0 Å². The summed E-state index contributed by atoms with van der Waals surface area (Å²) in [5.74, 6) is 0.645. The van der Waals surface area contributed by atoms with Gasteiger partial charge in [0, 0.05) is 18.8 Å². The van der Waals surface area contributed by atoms with Gasteiger partial charge >= 0.3 is 0 Å². The Hall–Kier alpha value is -2.07. The highest BCUT2D eigenvalue weighted by Gasteiger charge is 1.98. The lowest BCUT2D eigenvalue weighted by molar-refractivity contribution is 0.261. The van der Waals surface area contributed by atoms with Crippen molar-refractivity contribution in [1.29, 1.82) is 0 Å². The van der Waals surface area contributed by atoms with E-state index >= 15 is 0 Å². The summed E-state index contributed by atoms with van der Waals surface area (Å²) in [5, 5.41) is 3.26. The minimum atomic E-state index is -0.209. The summed E-state index contributed by atoms with van der Waals surface area (Å²) >= 11 is 0. The van der Waals surface area contributed by atoms with E-state index in [1.54, 1.807) is 6.07 Å². The molecule has 0 fully saturated rings. The molecule has 2 aromatic carbocycles. The molecule has 1 N–H and O–H groups in total. The highest BCUT2D eigenvalue weighted by atomic mass is 19.1. The number of hydrogen-bond donors (Lipinski definition) is 1. The van der Waals surface area contributed by atoms with Crippen molar-refractivity contribution >= 4 is 5.69 Å². The zero-order chi connectivity index (χ0) is 15.1. The SMILES string of the molecule is CN(C)CCOc1ccc(NCc2cccc(F)c2)cc1. The van der Waals surface area contributed by atoms with Crippen molar-refractivity contribution in [3.05, 3.63) is 59.9 Å². The molecule has 0 radical (unpaired) electrons. The molecular formula is C17H21FN2O. The smallest absolute Gasteiger partial charge is 0.123 e. The molecule has 112 valence electrons. The van der Waals surface area contributed by atoms with E-state index in [0.29, 0.717) is 13.2 Å². The van der Waals surface area contributed by atoms with Crippen LogP contribution in [-0.2, 0) is 6.54 Å². The molecule has 0 aliphatic heterocycles. The maximum Gasteiger partial charge on any atom is 0.123 e. The molecule has 0 bridgehead atoms. The first-order valence-electron chi connectivity index (χ1n) is 6.99. The van der Waals surface area contributed by atoms with Crippen molar-refractivity contribution in [2.45, 2.75) is 6.54 Å². The average molecular weight is 288 g/mol. The molecule has 0 atom stereocenters. The van der Waals surface area contributed by atoms with Crippen molar-refractivity contribution < 1.29 is 9.13 Å². The fourth-order valence-corrected chi connectivity index (χ4v) is 1.87. The number of nitrogens with one attached hydrogen (secondary N) is 1. The number of nitrogens with zero attached hydrogens (tertiary/aromatic N) is 1. The van der Waals surface area contributed by atoms with Crippen molar-refractivity contribution in [2.75, 3.05) is 32.6 Å². The molecule has 0 saturated heterocycles. The quantitative estimate of drug-likeness (QED) is 0.845. The first-order chi connectivity index (χ1) is 10.1. The van der Waals surface area contributed by atoms with Crippen LogP contribution in [0.4, 0.5) is 10.1 Å². The van der Waals surface area contributed by atoms with Gasteiger partial charge in [-0.1, -0.05) is 12.1 Å². The molecule has 2 rings (SSSR count). The third-order valence-electron chi connectivity index (χ3n) is 3.05. The molecule has 0 aromatic heterocycles. The molecule has 0 heterocycles. The lowest BCUT2D eigenvalue weighted by atomic mass is 10.2. The van der Waals surface area contributed by atoms with Crippen LogP contribution in [0.3, 0.4) is 0 Å². The Balaban J connectivity index is 1.82. The number of benzene rings is 2. The predicted molar refractivity (Wildman–Crippen MR) is 84.2 cm³/mol. The Morgan fingerprint density at radius 3 is 2.52 bits per heavy atom. The maximum atomic E-state index is 13.1. The molecular weight excluding hydrogens is 267 g/mol. The highest BCUT2D eigenvalue weighted by molar-refractivity contribution is 5.46. The van der Waals surface area contributed by atoms with Gasteiger partial charge in [-0.2, -0.15) is 0 Å². The summed E-state index contributed by atoms with van der Waals surface area (Å²) in [6.07, 6.45) is 0. The number of halogens is 1. The second kappa shape index (κ2) is 7.64. The highest BCUT2D eigenvalue weighted by Crippen LogP contribution is 2.16. The number of ether oxygens (including phenoxy) is 1. The zero-order valence-electron chi connectivity index (χ0n) is 12.5. The van der Waals surface area contributed by atoms with Gasteiger partial charge in [0.1, 0.15) is 18.2 Å². The van der Waals surface area contributed by atoms with E-state index in [1.807, 2.05) is 44.4 Å². The molecule has 4 heteroatoms. The second-order valence-corrected chi connectivity index (χ2v) is 5.16. The molecule has 3 nitrogen and oxygen atoms in total. The minimum Gasteiger partial charge on any atom is -0.492 e. The summed E-state index contributed by atoms with van der Waals surface area (Å²) < 4.78 is 18.7. The fourth-order valence-electron chi connectivity index (χ4n) is 1.87. The van der Waals surface area contributed by atoms with Gasteiger partial charge < -0.3 is 15.0 Å². The first kappa shape index (κ1) is 15.3. The Labute approximate surface area is 125 Å². The Kier molecular flexibility index (Phi) is 5.58. The van der Waals surface area contributed by atoms with E-state index in [1.165, 1.54) is 12.1 Å². The molecule has 0 unspecified atom stereocenters. The summed E-state index contributed by atoms with van der Waals surface area (Å²) in [5.41, 5.74) is 1.90. The summed E-state index contributed by atoms with van der Waals surface area (Å²) in [7, 11) is 4.03. The predicted octanol–water partition coefficient (Wildman–Crippen LogP) is 3.38. The fraction of sp³-hybridized carbons (Fsp3) is 0.294. The van der Waals surface area contributed by atoms with Crippen LogP contribution in [0, 0.1) is 5.82 Å². The van der Waals surface area contributed by atoms with E-state index in [9.17, 15) is 4.39 Å². The Morgan fingerprint density at radius 1 is 1.10 bits per heavy atom. The molecule has 0 spiro atoms. The van der Waals surface area contributed by atoms with Gasteiger partial charge in [-0.15, -0.1) is 0 Å². The van der Waals surface area contributed by atoms with Crippen molar-refractivity contribution in [1.82, 2.24) is 4.90 Å². The van der Waals surface area contributed by atoms with Gasteiger partial charge in [0.2, 0.25) is 0 Å². The third kappa shape index (κ3) is 5.44. The maximum absolute atomic E-state index is 13.1. The number of rotatable bonds is 7. The lowest BCUT2D eigenvalue weighted by Crippen LogP contribution is -2.19. The summed E-state index contributed by atoms with van der Waals surface area (Å²) in [4.78, 5) is 2.08. The molecule has 0 aliphatic carbocycles. The van der Waals surface area contributed by atoms with E-state index in [2.05, 4.69) is 10.2 Å². The van der Waals surface area contributed by atoms with Gasteiger partial charge in [0.25, 0.3) is 0 Å². The monoisotopic (exact) mass is 288 g/mol. The van der Waals surface area contributed by atoms with Crippen LogP contribution in [0.15, 0.2) is 48.5 Å². The van der Waals surface area contributed by atoms with Crippen LogP contribution >= 0.6 is 0 Å². The number of hydrogen-bond acceptors (Lipinski definition) is 3. The van der Waals surface area contributed by atoms with E-state index in [4.69, 9.17) is 4.74 Å². The molecule has 2 aromatic rings. The third-order valence-corrected chi connectivity index (χ3v) is 3.05. The van der Waals surface area contributed by atoms with Crippen molar-refractivity contribution in [2.24, 2.45) is 0 Å². The Bertz CT molecular complexity index is 555. The van der Waals surface area contributed by atoms with Crippen LogP contribution < -0.4 is 10.1 Å². The van der Waals surface area contributed by atoms with Crippen LogP contribution in [-0.4, -0.2) is 32.1 Å². The van der Waals surface area contributed by atoms with Crippen molar-refractivity contribution in [3.8, 4) is 5.75 Å². The minimum absolute atomic E-state index is 0.209. The topological polar surface area (TPSA) is 24.5 Å². The summed E-state index contributed by atoms with van der Waals surface area (Å²) in [6.45, 7) is 2.15. The van der Waals surface area contributed by atoms with Crippen molar-refractivity contribution in [3.63, 3.8) is 0 Å². The van der Waals surface area contributed by atoms with Crippen LogP contribution in [0.25, 0.3) is 0 Å².